The molecule has 2 N–H and O–H groups in total. The Kier molecular flexibility index (Phi) is 6.26. The number of carbonyl (C=O) groups is 1. The Hall–Kier alpha value is -2.47. The van der Waals surface area contributed by atoms with Crippen LogP contribution in [0.15, 0.2) is 48.5 Å². The SMILES string of the molecule is CCC(C)Oc1cccc(C(=O)NC(=S)Nc2ccccc2F)c1. The van der Waals surface area contributed by atoms with Gasteiger partial charge in [-0.2, -0.15) is 0 Å². The van der Waals surface area contributed by atoms with Crippen molar-refractivity contribution in [2.75, 3.05) is 5.32 Å². The number of carbonyl (C=O) groups excluding carboxylic acids is 1. The van der Waals surface area contributed by atoms with Crippen molar-refractivity contribution in [1.82, 2.24) is 5.32 Å². The summed E-state index contributed by atoms with van der Waals surface area (Å²) in [5.74, 6) is -0.221. The van der Waals surface area contributed by atoms with Gasteiger partial charge < -0.3 is 10.1 Å². The number of benzene rings is 2. The molecule has 6 heteroatoms. The van der Waals surface area contributed by atoms with Crippen molar-refractivity contribution in [3.63, 3.8) is 0 Å². The van der Waals surface area contributed by atoms with Crippen molar-refractivity contribution in [2.45, 2.75) is 26.4 Å². The van der Waals surface area contributed by atoms with E-state index in [9.17, 15) is 9.18 Å². The maximum atomic E-state index is 13.6. The lowest BCUT2D eigenvalue weighted by Crippen LogP contribution is -2.34. The lowest BCUT2D eigenvalue weighted by Gasteiger charge is -2.14. The molecule has 0 spiro atoms. The summed E-state index contributed by atoms with van der Waals surface area (Å²) < 4.78 is 19.3. The Morgan fingerprint density at radius 1 is 1.25 bits per heavy atom. The van der Waals surface area contributed by atoms with Crippen molar-refractivity contribution in [2.24, 2.45) is 0 Å². The van der Waals surface area contributed by atoms with Crippen LogP contribution >= 0.6 is 12.2 Å². The molecule has 0 saturated carbocycles. The van der Waals surface area contributed by atoms with Crippen LogP contribution in [0, 0.1) is 5.82 Å². The lowest BCUT2D eigenvalue weighted by atomic mass is 10.2. The number of hydrogen-bond donors (Lipinski definition) is 2. The molecule has 1 unspecified atom stereocenters. The molecule has 0 aliphatic rings. The van der Waals surface area contributed by atoms with Crippen molar-refractivity contribution in [3.05, 3.63) is 59.9 Å². The van der Waals surface area contributed by atoms with Crippen molar-refractivity contribution < 1.29 is 13.9 Å². The van der Waals surface area contributed by atoms with Gasteiger partial charge in [0, 0.05) is 5.56 Å². The molecule has 1 amide bonds. The summed E-state index contributed by atoms with van der Waals surface area (Å²) in [6.45, 7) is 3.98. The summed E-state index contributed by atoms with van der Waals surface area (Å²) >= 11 is 5.05. The first-order valence-electron chi connectivity index (χ1n) is 7.63. The zero-order valence-electron chi connectivity index (χ0n) is 13.5. The minimum atomic E-state index is -0.446. The standard InChI is InChI=1S/C18H19FN2O2S/c1-3-12(2)23-14-8-6-7-13(11-14)17(22)21-18(24)20-16-10-5-4-9-15(16)19/h4-12H,3H2,1-2H3,(H2,20,21,22,24). The van der Waals surface area contributed by atoms with E-state index in [4.69, 9.17) is 17.0 Å². The van der Waals surface area contributed by atoms with E-state index in [1.807, 2.05) is 13.8 Å². The summed E-state index contributed by atoms with van der Waals surface area (Å²) in [6, 6.07) is 12.9. The molecule has 2 aromatic rings. The number of hydrogen-bond acceptors (Lipinski definition) is 3. The monoisotopic (exact) mass is 346 g/mol. The highest BCUT2D eigenvalue weighted by Gasteiger charge is 2.11. The summed E-state index contributed by atoms with van der Waals surface area (Å²) in [4.78, 5) is 12.2. The molecule has 0 saturated heterocycles. The Balaban J connectivity index is 2.00. The van der Waals surface area contributed by atoms with E-state index >= 15 is 0 Å². The minimum absolute atomic E-state index is 0.0262. The van der Waals surface area contributed by atoms with Gasteiger partial charge in [0.05, 0.1) is 11.8 Å². The Morgan fingerprint density at radius 2 is 2.00 bits per heavy atom. The van der Waals surface area contributed by atoms with Crippen LogP contribution in [0.3, 0.4) is 0 Å². The number of para-hydroxylation sites is 1. The van der Waals surface area contributed by atoms with Gasteiger partial charge >= 0.3 is 0 Å². The van der Waals surface area contributed by atoms with E-state index in [-0.39, 0.29) is 16.9 Å². The third-order valence-electron chi connectivity index (χ3n) is 3.36. The molecule has 0 aliphatic carbocycles. The van der Waals surface area contributed by atoms with Crippen LogP contribution in [0.5, 0.6) is 5.75 Å². The fourth-order valence-corrected chi connectivity index (χ4v) is 2.12. The number of rotatable bonds is 5. The average molecular weight is 346 g/mol. The van der Waals surface area contributed by atoms with Crippen LogP contribution in [0.25, 0.3) is 0 Å². The maximum Gasteiger partial charge on any atom is 0.257 e. The number of amides is 1. The number of nitrogens with one attached hydrogen (secondary N) is 2. The van der Waals surface area contributed by atoms with Crippen LogP contribution in [-0.2, 0) is 0 Å². The van der Waals surface area contributed by atoms with Crippen LogP contribution in [0.2, 0.25) is 0 Å². The molecule has 0 aromatic heterocycles. The smallest absolute Gasteiger partial charge is 0.257 e. The highest BCUT2D eigenvalue weighted by molar-refractivity contribution is 7.80. The molecule has 0 fully saturated rings. The van der Waals surface area contributed by atoms with Gasteiger partial charge in [-0.25, -0.2) is 4.39 Å². The van der Waals surface area contributed by atoms with E-state index in [0.717, 1.165) is 6.42 Å². The minimum Gasteiger partial charge on any atom is -0.491 e. The molecule has 0 radical (unpaired) electrons. The summed E-state index contributed by atoms with van der Waals surface area (Å²) in [5.41, 5.74) is 0.616. The average Bonchev–Trinajstić information content (AvgIpc) is 2.57. The lowest BCUT2D eigenvalue weighted by molar-refractivity contribution is 0.0977. The second-order valence-corrected chi connectivity index (χ2v) is 5.66. The zero-order valence-corrected chi connectivity index (χ0v) is 14.3. The van der Waals surface area contributed by atoms with E-state index in [2.05, 4.69) is 10.6 Å². The van der Waals surface area contributed by atoms with Crippen LogP contribution in [-0.4, -0.2) is 17.1 Å². The molecule has 2 aromatic carbocycles. The number of anilines is 1. The molecule has 24 heavy (non-hydrogen) atoms. The van der Waals surface area contributed by atoms with Gasteiger partial charge in [0.15, 0.2) is 5.11 Å². The van der Waals surface area contributed by atoms with Crippen LogP contribution < -0.4 is 15.4 Å². The zero-order chi connectivity index (χ0) is 17.5. The second-order valence-electron chi connectivity index (χ2n) is 5.25. The Labute approximate surface area is 146 Å². The first-order valence-corrected chi connectivity index (χ1v) is 8.04. The summed E-state index contributed by atoms with van der Waals surface area (Å²) in [7, 11) is 0. The van der Waals surface area contributed by atoms with Crippen LogP contribution in [0.4, 0.5) is 10.1 Å². The summed E-state index contributed by atoms with van der Waals surface area (Å²) in [6.07, 6.45) is 0.930. The van der Waals surface area contributed by atoms with Crippen LogP contribution in [0.1, 0.15) is 30.6 Å². The normalized spacial score (nSPS) is 11.5. The predicted octanol–water partition coefficient (Wildman–Crippen LogP) is 4.13. The second kappa shape index (κ2) is 8.40. The molecule has 126 valence electrons. The van der Waals surface area contributed by atoms with Gasteiger partial charge in [-0.1, -0.05) is 25.1 Å². The van der Waals surface area contributed by atoms with Crippen molar-refractivity contribution >= 4 is 28.9 Å². The maximum absolute atomic E-state index is 13.6. The van der Waals surface area contributed by atoms with E-state index in [1.54, 1.807) is 36.4 Å². The predicted molar refractivity (Wildman–Crippen MR) is 96.9 cm³/mol. The van der Waals surface area contributed by atoms with Gasteiger partial charge in [-0.15, -0.1) is 0 Å². The van der Waals surface area contributed by atoms with Gasteiger partial charge in [0.2, 0.25) is 0 Å². The van der Waals surface area contributed by atoms with Gasteiger partial charge in [-0.3, -0.25) is 10.1 Å². The molecule has 2 rings (SSSR count). The number of ether oxygens (including phenoxy) is 1. The third-order valence-corrected chi connectivity index (χ3v) is 3.56. The molecule has 4 nitrogen and oxygen atoms in total. The number of thiocarbonyl (C=S) groups is 1. The topological polar surface area (TPSA) is 50.4 Å². The Bertz CT molecular complexity index is 736. The molecular weight excluding hydrogens is 327 g/mol. The van der Waals surface area contributed by atoms with E-state index < -0.39 is 11.7 Å². The largest absolute Gasteiger partial charge is 0.491 e. The van der Waals surface area contributed by atoms with E-state index in [0.29, 0.717) is 11.3 Å². The van der Waals surface area contributed by atoms with Gasteiger partial charge in [0.1, 0.15) is 11.6 Å². The number of halogens is 1. The Morgan fingerprint density at radius 3 is 2.71 bits per heavy atom. The highest BCUT2D eigenvalue weighted by Crippen LogP contribution is 2.16. The highest BCUT2D eigenvalue weighted by atomic mass is 32.1. The fourth-order valence-electron chi connectivity index (χ4n) is 1.92. The molecular formula is C18H19FN2O2S. The molecule has 0 bridgehead atoms. The quantitative estimate of drug-likeness (QED) is 0.799. The first kappa shape index (κ1) is 17.9. The van der Waals surface area contributed by atoms with Gasteiger partial charge in [-0.05, 0) is 55.9 Å². The van der Waals surface area contributed by atoms with Crippen molar-refractivity contribution in [3.8, 4) is 5.75 Å². The molecule has 0 heterocycles. The first-order chi connectivity index (χ1) is 11.5. The van der Waals surface area contributed by atoms with Gasteiger partial charge in [0.25, 0.3) is 5.91 Å². The summed E-state index contributed by atoms with van der Waals surface area (Å²) in [5, 5.41) is 5.21. The molecule has 1 atom stereocenters. The van der Waals surface area contributed by atoms with E-state index in [1.165, 1.54) is 12.1 Å². The fraction of sp³-hybridized carbons (Fsp3) is 0.222. The molecule has 0 aliphatic heterocycles. The van der Waals surface area contributed by atoms with Crippen molar-refractivity contribution in [1.29, 1.82) is 0 Å². The third kappa shape index (κ3) is 5.03.